The summed E-state index contributed by atoms with van der Waals surface area (Å²) in [5.41, 5.74) is 0. The van der Waals surface area contributed by atoms with Gasteiger partial charge in [0.05, 0.1) is 39.9 Å². The first-order chi connectivity index (χ1) is 32.0. The van der Waals surface area contributed by atoms with Crippen molar-refractivity contribution in [2.45, 2.75) is 257 Å². The molecule has 3 N–H and O–H groups in total. The highest BCUT2D eigenvalue weighted by atomic mass is 31.2. The molecule has 0 saturated heterocycles. The quantitative estimate of drug-likeness (QED) is 0.0243. The first-order valence-corrected chi connectivity index (χ1v) is 29.1. The molecule has 0 aliphatic carbocycles. The van der Waals surface area contributed by atoms with Crippen LogP contribution >= 0.6 is 7.82 Å². The van der Waals surface area contributed by atoms with Crippen LogP contribution in [0.25, 0.3) is 0 Å². The number of quaternary nitrogens is 1. The highest BCUT2D eigenvalue weighted by Crippen LogP contribution is 2.43. The Bertz CT molecular complexity index is 1260. The summed E-state index contributed by atoms with van der Waals surface area (Å²) in [5.74, 6) is -0.148. The number of phosphoric ester groups is 1. The molecular formula is C57H108N2O6P+. The van der Waals surface area contributed by atoms with Gasteiger partial charge in [-0.2, -0.15) is 0 Å². The minimum absolute atomic E-state index is 0.0725. The third-order valence-electron chi connectivity index (χ3n) is 12.3. The second-order valence-corrected chi connectivity index (χ2v) is 21.4. The third-order valence-corrected chi connectivity index (χ3v) is 13.3. The Hall–Kier alpha value is -1.80. The number of hydrogen-bond acceptors (Lipinski definition) is 5. The zero-order valence-corrected chi connectivity index (χ0v) is 44.8. The van der Waals surface area contributed by atoms with Crippen molar-refractivity contribution in [2.75, 3.05) is 40.9 Å². The smallest absolute Gasteiger partial charge is 0.391 e. The predicted octanol–water partition coefficient (Wildman–Crippen LogP) is 16.5. The fourth-order valence-electron chi connectivity index (χ4n) is 7.96. The van der Waals surface area contributed by atoms with Crippen LogP contribution in [0.2, 0.25) is 0 Å². The van der Waals surface area contributed by atoms with E-state index in [1.54, 1.807) is 0 Å². The number of amides is 1. The standard InChI is InChI=1S/C57H107N2O6P/c1-6-8-10-12-14-16-18-20-22-24-25-26-27-28-29-30-31-32-33-35-37-39-41-43-45-47-49-51-57(61)58-55(54-65-66(62,63)64-53-52-59(3,4)5)56(60)50-48-46-44-42-40-38-36-34-23-21-19-17-15-13-11-9-7-2/h8,10,14,16,20,22,25-26,28-29,55-56,60H,6-7,9,11-13,15,17-19,21,23-24,27,30-54H2,1-5H3,(H-,58,61,62,63)/p+1/b10-8-,16-14-,22-20-,26-25-,29-28-. The van der Waals surface area contributed by atoms with Gasteiger partial charge in [-0.3, -0.25) is 13.8 Å². The molecule has 3 atom stereocenters. The molecule has 386 valence electrons. The Labute approximate surface area is 409 Å². The van der Waals surface area contributed by atoms with Gasteiger partial charge in [0.25, 0.3) is 0 Å². The van der Waals surface area contributed by atoms with E-state index in [0.29, 0.717) is 23.9 Å². The fraction of sp³-hybridized carbons (Fsp3) is 0.807. The van der Waals surface area contributed by atoms with Crippen LogP contribution in [0.1, 0.15) is 245 Å². The number of phosphoric acid groups is 1. The molecule has 0 heterocycles. The number of allylic oxidation sites excluding steroid dienone is 10. The van der Waals surface area contributed by atoms with Gasteiger partial charge < -0.3 is 19.8 Å². The van der Waals surface area contributed by atoms with Crippen LogP contribution < -0.4 is 5.32 Å². The van der Waals surface area contributed by atoms with Gasteiger partial charge in [-0.25, -0.2) is 4.57 Å². The van der Waals surface area contributed by atoms with Crippen LogP contribution in [0.5, 0.6) is 0 Å². The molecule has 9 heteroatoms. The number of nitrogens with one attached hydrogen (secondary N) is 1. The van der Waals surface area contributed by atoms with Gasteiger partial charge in [0.1, 0.15) is 13.2 Å². The Morgan fingerprint density at radius 1 is 0.530 bits per heavy atom. The van der Waals surface area contributed by atoms with E-state index < -0.39 is 20.0 Å². The summed E-state index contributed by atoms with van der Waals surface area (Å²) >= 11 is 0. The van der Waals surface area contributed by atoms with E-state index in [-0.39, 0.29) is 19.1 Å². The number of carbonyl (C=O) groups excluding carboxylic acids is 1. The maximum atomic E-state index is 13.0. The molecule has 66 heavy (non-hydrogen) atoms. The van der Waals surface area contributed by atoms with Crippen molar-refractivity contribution in [2.24, 2.45) is 0 Å². The van der Waals surface area contributed by atoms with Crippen molar-refractivity contribution in [3.05, 3.63) is 60.8 Å². The molecule has 0 aromatic carbocycles. The largest absolute Gasteiger partial charge is 0.472 e. The van der Waals surface area contributed by atoms with Crippen molar-refractivity contribution in [3.8, 4) is 0 Å². The Morgan fingerprint density at radius 3 is 1.33 bits per heavy atom. The molecule has 0 fully saturated rings. The van der Waals surface area contributed by atoms with Gasteiger partial charge in [0.2, 0.25) is 5.91 Å². The van der Waals surface area contributed by atoms with E-state index in [0.717, 1.165) is 70.6 Å². The zero-order valence-electron chi connectivity index (χ0n) is 43.9. The second-order valence-electron chi connectivity index (χ2n) is 19.9. The highest BCUT2D eigenvalue weighted by Gasteiger charge is 2.28. The molecule has 0 aliphatic rings. The lowest BCUT2D eigenvalue weighted by Gasteiger charge is -2.26. The average molecular weight is 948 g/mol. The summed E-state index contributed by atoms with van der Waals surface area (Å²) in [6, 6.07) is -0.765. The minimum Gasteiger partial charge on any atom is -0.391 e. The van der Waals surface area contributed by atoms with Gasteiger partial charge in [0.15, 0.2) is 0 Å². The predicted molar refractivity (Wildman–Crippen MR) is 286 cm³/mol. The van der Waals surface area contributed by atoms with Crippen LogP contribution in [-0.2, 0) is 18.4 Å². The zero-order chi connectivity index (χ0) is 48.5. The average Bonchev–Trinajstić information content (AvgIpc) is 3.28. The minimum atomic E-state index is -4.32. The summed E-state index contributed by atoms with van der Waals surface area (Å²) in [7, 11) is 1.61. The van der Waals surface area contributed by atoms with E-state index in [9.17, 15) is 19.4 Å². The van der Waals surface area contributed by atoms with Crippen molar-refractivity contribution in [3.63, 3.8) is 0 Å². The van der Waals surface area contributed by atoms with Gasteiger partial charge in [-0.1, -0.05) is 242 Å². The van der Waals surface area contributed by atoms with E-state index in [4.69, 9.17) is 9.05 Å². The Kier molecular flexibility index (Phi) is 46.9. The number of hydrogen-bond donors (Lipinski definition) is 3. The van der Waals surface area contributed by atoms with Gasteiger partial charge in [-0.05, 0) is 57.8 Å². The van der Waals surface area contributed by atoms with E-state index in [1.807, 2.05) is 21.1 Å². The number of nitrogens with zero attached hydrogens (tertiary/aromatic N) is 1. The number of rotatable bonds is 50. The lowest BCUT2D eigenvalue weighted by Crippen LogP contribution is -2.46. The van der Waals surface area contributed by atoms with E-state index in [1.165, 1.54) is 148 Å². The summed E-state index contributed by atoms with van der Waals surface area (Å²) in [4.78, 5) is 23.3. The molecule has 0 aliphatic heterocycles. The molecule has 8 nitrogen and oxygen atoms in total. The fourth-order valence-corrected chi connectivity index (χ4v) is 8.69. The first kappa shape index (κ1) is 64.2. The maximum Gasteiger partial charge on any atom is 0.472 e. The number of unbranched alkanes of at least 4 members (excludes halogenated alkanes) is 27. The SMILES string of the molecule is CC/C=C\C/C=C\C/C=C\C/C=C\C/C=C\CCCCCCCCCCCCCC(=O)NC(COP(=O)(O)OCC[N+](C)(C)C)C(O)CCCCCCCCCCCCCCCCCCC. The van der Waals surface area contributed by atoms with Crippen LogP contribution in [0.4, 0.5) is 0 Å². The van der Waals surface area contributed by atoms with Crippen molar-refractivity contribution in [1.82, 2.24) is 5.32 Å². The number of likely N-dealkylation sites (N-methyl/N-ethyl adjacent to an activating group) is 1. The number of aliphatic hydroxyl groups is 1. The first-order valence-electron chi connectivity index (χ1n) is 27.7. The molecule has 3 unspecified atom stereocenters. The second kappa shape index (κ2) is 48.2. The van der Waals surface area contributed by atoms with Gasteiger partial charge in [0, 0.05) is 6.42 Å². The van der Waals surface area contributed by atoms with Crippen molar-refractivity contribution < 1.29 is 32.9 Å². The van der Waals surface area contributed by atoms with Gasteiger partial charge >= 0.3 is 7.82 Å². The lowest BCUT2D eigenvalue weighted by molar-refractivity contribution is -0.870. The summed E-state index contributed by atoms with van der Waals surface area (Å²) < 4.78 is 23.8. The van der Waals surface area contributed by atoms with Crippen LogP contribution in [0.3, 0.4) is 0 Å². The Balaban J connectivity index is 4.18. The van der Waals surface area contributed by atoms with Crippen LogP contribution in [0, 0.1) is 0 Å². The topological polar surface area (TPSA) is 105 Å². The highest BCUT2D eigenvalue weighted by molar-refractivity contribution is 7.47. The van der Waals surface area contributed by atoms with Crippen molar-refractivity contribution >= 4 is 13.7 Å². The van der Waals surface area contributed by atoms with Crippen LogP contribution in [0.15, 0.2) is 60.8 Å². The Morgan fingerprint density at radius 2 is 0.909 bits per heavy atom. The van der Waals surface area contributed by atoms with E-state index >= 15 is 0 Å². The molecule has 0 rings (SSSR count). The molecule has 0 spiro atoms. The molecule has 0 bridgehead atoms. The van der Waals surface area contributed by atoms with E-state index in [2.05, 4.69) is 79.9 Å². The molecule has 1 amide bonds. The summed E-state index contributed by atoms with van der Waals surface area (Å²) in [5, 5.41) is 14.0. The molecule has 0 saturated carbocycles. The molecular weight excluding hydrogens is 840 g/mol. The normalized spacial score (nSPS) is 14.5. The van der Waals surface area contributed by atoms with Crippen molar-refractivity contribution in [1.29, 1.82) is 0 Å². The van der Waals surface area contributed by atoms with Crippen LogP contribution in [-0.4, -0.2) is 73.4 Å². The van der Waals surface area contributed by atoms with Gasteiger partial charge in [-0.15, -0.1) is 0 Å². The third kappa shape index (κ3) is 50.1. The molecule has 0 aromatic rings. The number of aliphatic hydroxyl groups excluding tert-OH is 1. The number of carbonyl (C=O) groups is 1. The summed E-state index contributed by atoms with van der Waals surface area (Å²) in [6.07, 6.45) is 64.0. The molecule has 0 aromatic heterocycles. The monoisotopic (exact) mass is 948 g/mol. The lowest BCUT2D eigenvalue weighted by atomic mass is 10.0. The summed E-state index contributed by atoms with van der Waals surface area (Å²) in [6.45, 7) is 4.79. The molecule has 0 radical (unpaired) electrons. The maximum absolute atomic E-state index is 13.0.